The predicted octanol–water partition coefficient (Wildman–Crippen LogP) is 5.03. The van der Waals surface area contributed by atoms with Crippen LogP contribution in [0, 0.1) is 5.41 Å². The van der Waals surface area contributed by atoms with Crippen LogP contribution in [0.5, 0.6) is 0 Å². The van der Waals surface area contributed by atoms with Crippen molar-refractivity contribution < 1.29 is 9.47 Å². The van der Waals surface area contributed by atoms with Crippen LogP contribution in [0.2, 0.25) is 0 Å². The maximum Gasteiger partial charge on any atom is 0.158 e. The molecule has 23 heavy (non-hydrogen) atoms. The van der Waals surface area contributed by atoms with Crippen molar-refractivity contribution in [2.24, 2.45) is 5.41 Å². The fourth-order valence-electron chi connectivity index (χ4n) is 3.60. The second kappa shape index (κ2) is 7.23. The molecule has 1 atom stereocenters. The fraction of sp³-hybridized carbons (Fsp3) is 0.700. The van der Waals surface area contributed by atoms with Crippen LogP contribution in [-0.2, 0) is 21.5 Å². The van der Waals surface area contributed by atoms with Gasteiger partial charge < -0.3 is 15.2 Å². The molecule has 1 saturated heterocycles. The highest BCUT2D eigenvalue weighted by atomic mass is 16.7. The summed E-state index contributed by atoms with van der Waals surface area (Å²) < 4.78 is 11.5. The Kier molecular flexibility index (Phi) is 5.74. The van der Waals surface area contributed by atoms with Gasteiger partial charge in [-0.1, -0.05) is 46.8 Å². The van der Waals surface area contributed by atoms with Crippen molar-refractivity contribution in [1.29, 1.82) is 0 Å². The Bertz CT molecular complexity index is 511. The lowest BCUT2D eigenvalue weighted by molar-refractivity contribution is -0.168. The topological polar surface area (TPSA) is 44.5 Å². The molecular formula is C20H33NO2. The average Bonchev–Trinajstić information content (AvgIpc) is 2.44. The number of hydrogen-bond donors (Lipinski definition) is 1. The van der Waals surface area contributed by atoms with Gasteiger partial charge in [0, 0.05) is 17.9 Å². The molecule has 0 bridgehead atoms. The third-order valence-corrected chi connectivity index (χ3v) is 4.46. The summed E-state index contributed by atoms with van der Waals surface area (Å²) in [6.07, 6.45) is 4.35. The summed E-state index contributed by atoms with van der Waals surface area (Å²) in [6.45, 7) is 12.8. The second-order valence-corrected chi connectivity index (χ2v) is 8.64. The zero-order chi connectivity index (χ0) is 17.1. The lowest BCUT2D eigenvalue weighted by Crippen LogP contribution is -2.25. The SMILES string of the molecule is CC(C)(C)CC(C)(C)c1ccc(COC2CCCCO2)c(N)c1. The largest absolute Gasteiger partial charge is 0.398 e. The van der Waals surface area contributed by atoms with E-state index < -0.39 is 0 Å². The van der Waals surface area contributed by atoms with Gasteiger partial charge in [-0.3, -0.25) is 0 Å². The molecule has 0 saturated carbocycles. The number of nitrogen functional groups attached to an aromatic ring is 1. The molecule has 1 aromatic carbocycles. The minimum Gasteiger partial charge on any atom is -0.398 e. The van der Waals surface area contributed by atoms with E-state index in [-0.39, 0.29) is 11.7 Å². The first-order valence-corrected chi connectivity index (χ1v) is 8.79. The van der Waals surface area contributed by atoms with E-state index in [0.717, 1.165) is 37.1 Å². The van der Waals surface area contributed by atoms with Crippen LogP contribution in [0.1, 0.15) is 71.4 Å². The maximum absolute atomic E-state index is 6.28. The van der Waals surface area contributed by atoms with Gasteiger partial charge in [-0.2, -0.15) is 0 Å². The zero-order valence-electron chi connectivity index (χ0n) is 15.4. The van der Waals surface area contributed by atoms with Crippen molar-refractivity contribution in [2.45, 2.75) is 78.6 Å². The van der Waals surface area contributed by atoms with Crippen LogP contribution >= 0.6 is 0 Å². The van der Waals surface area contributed by atoms with Gasteiger partial charge in [-0.15, -0.1) is 0 Å². The first-order chi connectivity index (χ1) is 10.7. The van der Waals surface area contributed by atoms with Crippen LogP contribution in [0.25, 0.3) is 0 Å². The smallest absolute Gasteiger partial charge is 0.158 e. The van der Waals surface area contributed by atoms with E-state index in [9.17, 15) is 0 Å². The molecular weight excluding hydrogens is 286 g/mol. The molecule has 2 rings (SSSR count). The number of hydrogen-bond acceptors (Lipinski definition) is 3. The molecule has 130 valence electrons. The fourth-order valence-corrected chi connectivity index (χ4v) is 3.60. The highest BCUT2D eigenvalue weighted by Crippen LogP contribution is 2.37. The molecule has 3 heteroatoms. The number of benzene rings is 1. The summed E-state index contributed by atoms with van der Waals surface area (Å²) in [4.78, 5) is 0. The van der Waals surface area contributed by atoms with Crippen molar-refractivity contribution in [3.63, 3.8) is 0 Å². The normalized spacial score (nSPS) is 19.8. The van der Waals surface area contributed by atoms with Crippen molar-refractivity contribution in [1.82, 2.24) is 0 Å². The number of rotatable bonds is 5. The molecule has 1 aromatic rings. The van der Waals surface area contributed by atoms with Crippen molar-refractivity contribution in [3.05, 3.63) is 29.3 Å². The molecule has 1 aliphatic rings. The quantitative estimate of drug-likeness (QED) is 0.774. The van der Waals surface area contributed by atoms with E-state index in [1.165, 1.54) is 12.0 Å². The van der Waals surface area contributed by atoms with E-state index in [2.05, 4.69) is 52.8 Å². The molecule has 1 aliphatic heterocycles. The lowest BCUT2D eigenvalue weighted by atomic mass is 9.72. The minimum atomic E-state index is -0.0693. The molecule has 0 aromatic heterocycles. The number of anilines is 1. The second-order valence-electron chi connectivity index (χ2n) is 8.64. The Morgan fingerprint density at radius 1 is 1.17 bits per heavy atom. The lowest BCUT2D eigenvalue weighted by Gasteiger charge is -2.33. The van der Waals surface area contributed by atoms with E-state index in [0.29, 0.717) is 12.0 Å². The zero-order valence-corrected chi connectivity index (χ0v) is 15.4. The molecule has 1 heterocycles. The monoisotopic (exact) mass is 319 g/mol. The van der Waals surface area contributed by atoms with Crippen LogP contribution in [0.3, 0.4) is 0 Å². The summed E-state index contributed by atoms with van der Waals surface area (Å²) in [5.74, 6) is 0. The summed E-state index contributed by atoms with van der Waals surface area (Å²) in [7, 11) is 0. The summed E-state index contributed by atoms with van der Waals surface area (Å²) in [5.41, 5.74) is 9.84. The van der Waals surface area contributed by atoms with Gasteiger partial charge in [0.2, 0.25) is 0 Å². The van der Waals surface area contributed by atoms with Crippen LogP contribution in [0.4, 0.5) is 5.69 Å². The standard InChI is InChI=1S/C20H33NO2/c1-19(2,3)14-20(4,5)16-10-9-15(17(21)12-16)13-23-18-8-6-7-11-22-18/h9-10,12,18H,6-8,11,13-14,21H2,1-5H3. The first kappa shape index (κ1) is 18.3. The Labute approximate surface area is 141 Å². The Morgan fingerprint density at radius 2 is 1.91 bits per heavy atom. The molecule has 2 N–H and O–H groups in total. The van der Waals surface area contributed by atoms with Crippen LogP contribution < -0.4 is 5.73 Å². The van der Waals surface area contributed by atoms with E-state index in [1.807, 2.05) is 0 Å². The van der Waals surface area contributed by atoms with E-state index in [4.69, 9.17) is 15.2 Å². The van der Waals surface area contributed by atoms with Gasteiger partial charge in [0.05, 0.1) is 6.61 Å². The van der Waals surface area contributed by atoms with Gasteiger partial charge in [0.25, 0.3) is 0 Å². The molecule has 3 nitrogen and oxygen atoms in total. The Balaban J connectivity index is 2.02. The molecule has 0 radical (unpaired) electrons. The molecule has 1 unspecified atom stereocenters. The highest BCUT2D eigenvalue weighted by molar-refractivity contribution is 5.50. The van der Waals surface area contributed by atoms with Crippen molar-refractivity contribution in [3.8, 4) is 0 Å². The maximum atomic E-state index is 6.28. The third-order valence-electron chi connectivity index (χ3n) is 4.46. The van der Waals surface area contributed by atoms with E-state index >= 15 is 0 Å². The summed E-state index contributed by atoms with van der Waals surface area (Å²) >= 11 is 0. The van der Waals surface area contributed by atoms with Gasteiger partial charge in [-0.25, -0.2) is 0 Å². The summed E-state index contributed by atoms with van der Waals surface area (Å²) in [5, 5.41) is 0. The first-order valence-electron chi connectivity index (χ1n) is 8.79. The Morgan fingerprint density at radius 3 is 2.48 bits per heavy atom. The van der Waals surface area contributed by atoms with Crippen molar-refractivity contribution >= 4 is 5.69 Å². The van der Waals surface area contributed by atoms with Crippen molar-refractivity contribution in [2.75, 3.05) is 12.3 Å². The molecule has 0 aliphatic carbocycles. The van der Waals surface area contributed by atoms with Gasteiger partial charge in [-0.05, 0) is 48.1 Å². The van der Waals surface area contributed by atoms with Crippen LogP contribution in [0.15, 0.2) is 18.2 Å². The number of ether oxygens (including phenoxy) is 2. The van der Waals surface area contributed by atoms with Gasteiger partial charge in [0.15, 0.2) is 6.29 Å². The predicted molar refractivity (Wildman–Crippen MR) is 96.3 cm³/mol. The van der Waals surface area contributed by atoms with Gasteiger partial charge >= 0.3 is 0 Å². The average molecular weight is 319 g/mol. The third kappa shape index (κ3) is 5.50. The Hall–Kier alpha value is -1.06. The molecule has 0 spiro atoms. The van der Waals surface area contributed by atoms with Gasteiger partial charge in [0.1, 0.15) is 0 Å². The molecule has 1 fully saturated rings. The number of nitrogens with two attached hydrogens (primary N) is 1. The van der Waals surface area contributed by atoms with E-state index in [1.54, 1.807) is 0 Å². The van der Waals surface area contributed by atoms with Crippen LogP contribution in [-0.4, -0.2) is 12.9 Å². The minimum absolute atomic E-state index is 0.0693. The molecule has 0 amide bonds. The summed E-state index contributed by atoms with van der Waals surface area (Å²) in [6, 6.07) is 6.42. The highest BCUT2D eigenvalue weighted by Gasteiger charge is 2.27.